The molecule has 0 aliphatic carbocycles. The molecule has 0 aromatic heterocycles. The van der Waals surface area contributed by atoms with Crippen molar-refractivity contribution in [1.29, 1.82) is 0 Å². The molecule has 2 N–H and O–H groups in total. The fourth-order valence-electron chi connectivity index (χ4n) is 1.46. The maximum atomic E-state index is 13.3. The van der Waals surface area contributed by atoms with Crippen LogP contribution in [0, 0.1) is 5.82 Å². The molecule has 1 aromatic carbocycles. The molecule has 0 radical (unpaired) electrons. The monoisotopic (exact) mass is 333 g/mol. The molecule has 0 aliphatic rings. The van der Waals surface area contributed by atoms with Crippen molar-refractivity contribution < 1.29 is 19.0 Å². The molecule has 0 bridgehead atoms. The van der Waals surface area contributed by atoms with E-state index < -0.39 is 23.6 Å². The summed E-state index contributed by atoms with van der Waals surface area (Å²) in [7, 11) is 0. The number of nitrogens with one attached hydrogen (secondary N) is 1. The molecule has 0 fully saturated rings. The number of hydrogen-bond acceptors (Lipinski definition) is 3. The number of alkyl carbamates (subject to hydrolysis) is 1. The standard InChI is InChI=1S/C13H17BrFNO3/c1-13(2,3)19-12(18)16-11(7-17)8-4-9(14)6-10(15)5-8/h4-6,11,17H,7H2,1-3H3,(H,16,18)/t11-/m1/s1. The van der Waals surface area contributed by atoms with Gasteiger partial charge in [0.05, 0.1) is 12.6 Å². The summed E-state index contributed by atoms with van der Waals surface area (Å²) >= 11 is 3.16. The van der Waals surface area contributed by atoms with Gasteiger partial charge >= 0.3 is 6.09 Å². The van der Waals surface area contributed by atoms with Crippen LogP contribution in [0.1, 0.15) is 32.4 Å². The maximum absolute atomic E-state index is 13.3. The Kier molecular flexibility index (Phi) is 5.31. The number of aliphatic hydroxyl groups is 1. The topological polar surface area (TPSA) is 58.6 Å². The molecule has 6 heteroatoms. The fraction of sp³-hybridized carbons (Fsp3) is 0.462. The van der Waals surface area contributed by atoms with Crippen molar-refractivity contribution in [1.82, 2.24) is 5.32 Å². The fourth-order valence-corrected chi connectivity index (χ4v) is 1.94. The zero-order valence-corrected chi connectivity index (χ0v) is 12.6. The lowest BCUT2D eigenvalue weighted by Gasteiger charge is -2.23. The van der Waals surface area contributed by atoms with Crippen LogP contribution >= 0.6 is 15.9 Å². The molecule has 0 saturated carbocycles. The summed E-state index contributed by atoms with van der Waals surface area (Å²) in [5.41, 5.74) is -0.174. The van der Waals surface area contributed by atoms with Gasteiger partial charge in [-0.3, -0.25) is 0 Å². The zero-order chi connectivity index (χ0) is 14.6. The van der Waals surface area contributed by atoms with Crippen molar-refractivity contribution in [3.63, 3.8) is 0 Å². The smallest absolute Gasteiger partial charge is 0.408 e. The molecule has 1 rings (SSSR count). The Hall–Kier alpha value is -1.14. The molecule has 1 amide bonds. The van der Waals surface area contributed by atoms with Crippen molar-refractivity contribution in [2.45, 2.75) is 32.4 Å². The Bertz CT molecular complexity index is 439. The highest BCUT2D eigenvalue weighted by Gasteiger charge is 2.20. The molecule has 19 heavy (non-hydrogen) atoms. The highest BCUT2D eigenvalue weighted by atomic mass is 79.9. The molecule has 0 heterocycles. The van der Waals surface area contributed by atoms with Gasteiger partial charge in [0.25, 0.3) is 0 Å². The van der Waals surface area contributed by atoms with E-state index in [0.29, 0.717) is 10.0 Å². The zero-order valence-electron chi connectivity index (χ0n) is 11.0. The highest BCUT2D eigenvalue weighted by Crippen LogP contribution is 2.20. The quantitative estimate of drug-likeness (QED) is 0.893. The van der Waals surface area contributed by atoms with E-state index in [4.69, 9.17) is 4.74 Å². The molecular formula is C13H17BrFNO3. The molecule has 0 saturated heterocycles. The Morgan fingerprint density at radius 1 is 1.47 bits per heavy atom. The number of amides is 1. The molecule has 106 valence electrons. The number of benzene rings is 1. The third kappa shape index (κ3) is 5.57. The molecule has 1 aromatic rings. The van der Waals surface area contributed by atoms with Gasteiger partial charge < -0.3 is 15.2 Å². The van der Waals surface area contributed by atoms with Gasteiger partial charge in [-0.1, -0.05) is 15.9 Å². The summed E-state index contributed by atoms with van der Waals surface area (Å²) in [5.74, 6) is -0.450. The van der Waals surface area contributed by atoms with Crippen molar-refractivity contribution in [3.8, 4) is 0 Å². The summed E-state index contributed by atoms with van der Waals surface area (Å²) < 4.78 is 18.9. The first kappa shape index (κ1) is 15.9. The second-order valence-corrected chi connectivity index (χ2v) is 6.00. The van der Waals surface area contributed by atoms with E-state index in [2.05, 4.69) is 21.2 Å². The summed E-state index contributed by atoms with van der Waals surface area (Å²) in [4.78, 5) is 11.6. The summed E-state index contributed by atoms with van der Waals surface area (Å²) in [6, 6.07) is 3.46. The summed E-state index contributed by atoms with van der Waals surface area (Å²) in [6.45, 7) is 4.85. The van der Waals surface area contributed by atoms with Gasteiger partial charge in [-0.2, -0.15) is 0 Å². The maximum Gasteiger partial charge on any atom is 0.408 e. The average molecular weight is 334 g/mol. The van der Waals surface area contributed by atoms with E-state index in [1.165, 1.54) is 12.1 Å². The van der Waals surface area contributed by atoms with Crippen LogP contribution < -0.4 is 5.32 Å². The SMILES string of the molecule is CC(C)(C)OC(=O)N[C@H](CO)c1cc(F)cc(Br)c1. The minimum Gasteiger partial charge on any atom is -0.444 e. The van der Waals surface area contributed by atoms with Crippen LogP contribution in [0.5, 0.6) is 0 Å². The van der Waals surface area contributed by atoms with Crippen molar-refractivity contribution in [2.24, 2.45) is 0 Å². The van der Waals surface area contributed by atoms with Gasteiger partial charge in [-0.15, -0.1) is 0 Å². The van der Waals surface area contributed by atoms with Crippen molar-refractivity contribution >= 4 is 22.0 Å². The van der Waals surface area contributed by atoms with Crippen molar-refractivity contribution in [2.75, 3.05) is 6.61 Å². The Balaban J connectivity index is 2.81. The summed E-state index contributed by atoms with van der Waals surface area (Å²) in [5, 5.41) is 11.8. The second-order valence-electron chi connectivity index (χ2n) is 5.08. The van der Waals surface area contributed by atoms with E-state index in [0.717, 1.165) is 0 Å². The molecule has 1 atom stereocenters. The number of halogens is 2. The van der Waals surface area contributed by atoms with Crippen LogP contribution in [0.2, 0.25) is 0 Å². The first-order chi connectivity index (χ1) is 8.71. The van der Waals surface area contributed by atoms with Gasteiger partial charge in [-0.25, -0.2) is 9.18 Å². The lowest BCUT2D eigenvalue weighted by Crippen LogP contribution is -2.36. The Morgan fingerprint density at radius 2 is 2.11 bits per heavy atom. The lowest BCUT2D eigenvalue weighted by atomic mass is 10.1. The van der Waals surface area contributed by atoms with Gasteiger partial charge in [-0.05, 0) is 44.5 Å². The number of carbonyl (C=O) groups is 1. The van der Waals surface area contributed by atoms with Crippen molar-refractivity contribution in [3.05, 3.63) is 34.1 Å². The van der Waals surface area contributed by atoms with Crippen LogP contribution in [-0.4, -0.2) is 23.4 Å². The third-order valence-corrected chi connectivity index (χ3v) is 2.62. The Morgan fingerprint density at radius 3 is 2.58 bits per heavy atom. The molecule has 0 unspecified atom stereocenters. The van der Waals surface area contributed by atoms with Gasteiger partial charge in [0.2, 0.25) is 0 Å². The van der Waals surface area contributed by atoms with E-state index in [1.807, 2.05) is 0 Å². The van der Waals surface area contributed by atoms with Gasteiger partial charge in [0.1, 0.15) is 11.4 Å². The number of hydrogen-bond donors (Lipinski definition) is 2. The minimum absolute atomic E-state index is 0.352. The number of rotatable bonds is 3. The first-order valence-corrected chi connectivity index (χ1v) is 6.57. The minimum atomic E-state index is -0.721. The number of carbonyl (C=O) groups excluding carboxylic acids is 1. The number of aliphatic hydroxyl groups excluding tert-OH is 1. The normalized spacial score (nSPS) is 12.9. The van der Waals surface area contributed by atoms with Gasteiger partial charge in [0.15, 0.2) is 0 Å². The van der Waals surface area contributed by atoms with E-state index >= 15 is 0 Å². The molecule has 0 spiro atoms. The number of ether oxygens (including phenoxy) is 1. The third-order valence-electron chi connectivity index (χ3n) is 2.16. The lowest BCUT2D eigenvalue weighted by molar-refractivity contribution is 0.0481. The van der Waals surface area contributed by atoms with Crippen LogP contribution in [-0.2, 0) is 4.74 Å². The first-order valence-electron chi connectivity index (χ1n) is 5.77. The predicted octanol–water partition coefficient (Wildman–Crippen LogP) is 3.15. The van der Waals surface area contributed by atoms with Crippen LogP contribution in [0.3, 0.4) is 0 Å². The van der Waals surface area contributed by atoms with E-state index in [9.17, 15) is 14.3 Å². The molecular weight excluding hydrogens is 317 g/mol. The van der Waals surface area contributed by atoms with Gasteiger partial charge in [0, 0.05) is 4.47 Å². The highest BCUT2D eigenvalue weighted by molar-refractivity contribution is 9.10. The average Bonchev–Trinajstić information content (AvgIpc) is 2.21. The molecule has 0 aliphatic heterocycles. The van der Waals surface area contributed by atoms with Crippen LogP contribution in [0.4, 0.5) is 9.18 Å². The summed E-state index contributed by atoms with van der Waals surface area (Å²) in [6.07, 6.45) is -0.660. The Labute approximate surface area is 120 Å². The van der Waals surface area contributed by atoms with E-state index in [-0.39, 0.29) is 6.61 Å². The second kappa shape index (κ2) is 6.34. The predicted molar refractivity (Wildman–Crippen MR) is 73.3 cm³/mol. The van der Waals surface area contributed by atoms with E-state index in [1.54, 1.807) is 26.8 Å². The van der Waals surface area contributed by atoms with Crippen LogP contribution in [0.25, 0.3) is 0 Å². The molecule has 4 nitrogen and oxygen atoms in total. The largest absolute Gasteiger partial charge is 0.444 e. The van der Waals surface area contributed by atoms with Crippen LogP contribution in [0.15, 0.2) is 22.7 Å².